The topological polar surface area (TPSA) is 50.8 Å². The predicted octanol–water partition coefficient (Wildman–Crippen LogP) is 4.16. The Labute approximate surface area is 174 Å². The molecule has 0 unspecified atom stereocenters. The third-order valence-electron chi connectivity index (χ3n) is 5.24. The van der Waals surface area contributed by atoms with Gasteiger partial charge < -0.3 is 14.8 Å². The van der Waals surface area contributed by atoms with Gasteiger partial charge in [-0.1, -0.05) is 30.7 Å². The highest BCUT2D eigenvalue weighted by atomic mass is 16.5. The SMILES string of the molecule is COc1ccc(OCCCC(=O)NCc2ccc(CN3CCCCC3)cc2)cc1. The fourth-order valence-electron chi connectivity index (χ4n) is 3.52. The minimum atomic E-state index is 0.0562. The summed E-state index contributed by atoms with van der Waals surface area (Å²) in [5.41, 5.74) is 2.48. The van der Waals surface area contributed by atoms with Gasteiger partial charge >= 0.3 is 0 Å². The summed E-state index contributed by atoms with van der Waals surface area (Å²) >= 11 is 0. The quantitative estimate of drug-likeness (QED) is 0.613. The van der Waals surface area contributed by atoms with Gasteiger partial charge in [-0.25, -0.2) is 0 Å². The van der Waals surface area contributed by atoms with Crippen molar-refractivity contribution in [3.05, 3.63) is 59.7 Å². The highest BCUT2D eigenvalue weighted by Gasteiger charge is 2.10. The van der Waals surface area contributed by atoms with E-state index >= 15 is 0 Å². The van der Waals surface area contributed by atoms with Crippen molar-refractivity contribution in [1.82, 2.24) is 10.2 Å². The smallest absolute Gasteiger partial charge is 0.220 e. The first-order chi connectivity index (χ1) is 14.2. The number of carbonyl (C=O) groups excluding carboxylic acids is 1. The average Bonchev–Trinajstić information content (AvgIpc) is 2.77. The highest BCUT2D eigenvalue weighted by molar-refractivity contribution is 5.75. The Hall–Kier alpha value is -2.53. The molecule has 1 fully saturated rings. The van der Waals surface area contributed by atoms with Crippen LogP contribution in [0.4, 0.5) is 0 Å². The van der Waals surface area contributed by atoms with E-state index in [1.165, 1.54) is 37.9 Å². The summed E-state index contributed by atoms with van der Waals surface area (Å²) in [6, 6.07) is 16.1. The van der Waals surface area contributed by atoms with E-state index < -0.39 is 0 Å². The number of carbonyl (C=O) groups is 1. The molecule has 0 radical (unpaired) electrons. The minimum Gasteiger partial charge on any atom is -0.497 e. The maximum absolute atomic E-state index is 12.1. The number of ether oxygens (including phenoxy) is 2. The summed E-state index contributed by atoms with van der Waals surface area (Å²) in [6.07, 6.45) is 5.14. The van der Waals surface area contributed by atoms with Crippen molar-refractivity contribution in [3.63, 3.8) is 0 Å². The van der Waals surface area contributed by atoms with Crippen LogP contribution < -0.4 is 14.8 Å². The van der Waals surface area contributed by atoms with Crippen LogP contribution in [-0.4, -0.2) is 37.6 Å². The first-order valence-corrected chi connectivity index (χ1v) is 10.6. The second-order valence-corrected chi connectivity index (χ2v) is 7.56. The first kappa shape index (κ1) is 21.2. The van der Waals surface area contributed by atoms with Gasteiger partial charge in [0.2, 0.25) is 5.91 Å². The van der Waals surface area contributed by atoms with Crippen LogP contribution in [0.3, 0.4) is 0 Å². The van der Waals surface area contributed by atoms with Gasteiger partial charge in [0.1, 0.15) is 11.5 Å². The fourth-order valence-corrected chi connectivity index (χ4v) is 3.52. The van der Waals surface area contributed by atoms with Crippen LogP contribution in [0.5, 0.6) is 11.5 Å². The molecule has 3 rings (SSSR count). The van der Waals surface area contributed by atoms with Crippen molar-refractivity contribution in [2.24, 2.45) is 0 Å². The molecule has 1 aliphatic heterocycles. The highest BCUT2D eigenvalue weighted by Crippen LogP contribution is 2.17. The summed E-state index contributed by atoms with van der Waals surface area (Å²) < 4.78 is 10.8. The Balaban J connectivity index is 1.30. The van der Waals surface area contributed by atoms with Gasteiger partial charge in [-0.2, -0.15) is 0 Å². The Morgan fingerprint density at radius 2 is 1.59 bits per heavy atom. The van der Waals surface area contributed by atoms with Crippen LogP contribution in [0.2, 0.25) is 0 Å². The summed E-state index contributed by atoms with van der Waals surface area (Å²) in [5.74, 6) is 1.65. The molecule has 0 atom stereocenters. The van der Waals surface area contributed by atoms with Gasteiger partial charge in [-0.15, -0.1) is 0 Å². The van der Waals surface area contributed by atoms with E-state index in [-0.39, 0.29) is 5.91 Å². The summed E-state index contributed by atoms with van der Waals surface area (Å²) in [6.45, 7) is 4.54. The van der Waals surface area contributed by atoms with Crippen LogP contribution in [0, 0.1) is 0 Å². The Kier molecular flexibility index (Phi) is 8.38. The number of benzene rings is 2. The van der Waals surface area contributed by atoms with Gasteiger partial charge in [0.15, 0.2) is 0 Å². The molecule has 1 saturated heterocycles. The van der Waals surface area contributed by atoms with E-state index in [2.05, 4.69) is 34.5 Å². The number of rotatable bonds is 10. The van der Waals surface area contributed by atoms with E-state index in [1.807, 2.05) is 24.3 Å². The zero-order chi connectivity index (χ0) is 20.3. The molecule has 1 N–H and O–H groups in total. The number of amides is 1. The van der Waals surface area contributed by atoms with E-state index in [1.54, 1.807) is 7.11 Å². The lowest BCUT2D eigenvalue weighted by molar-refractivity contribution is -0.121. The normalized spacial score (nSPS) is 14.4. The molecule has 0 spiro atoms. The molecule has 0 aromatic heterocycles. The second-order valence-electron chi connectivity index (χ2n) is 7.56. The molecule has 156 valence electrons. The first-order valence-electron chi connectivity index (χ1n) is 10.6. The molecule has 2 aromatic carbocycles. The van der Waals surface area contributed by atoms with Crippen LogP contribution >= 0.6 is 0 Å². The number of hydrogen-bond donors (Lipinski definition) is 1. The monoisotopic (exact) mass is 396 g/mol. The number of piperidine rings is 1. The second kappa shape index (κ2) is 11.5. The van der Waals surface area contributed by atoms with Crippen LogP contribution in [0.25, 0.3) is 0 Å². The molecule has 0 saturated carbocycles. The molecule has 5 nitrogen and oxygen atoms in total. The maximum Gasteiger partial charge on any atom is 0.220 e. The number of methoxy groups -OCH3 is 1. The molecule has 0 bridgehead atoms. The molecule has 5 heteroatoms. The largest absolute Gasteiger partial charge is 0.497 e. The molecule has 1 aliphatic rings. The third kappa shape index (κ3) is 7.42. The van der Waals surface area contributed by atoms with Crippen LogP contribution in [0.15, 0.2) is 48.5 Å². The van der Waals surface area contributed by atoms with Crippen molar-refractivity contribution in [3.8, 4) is 11.5 Å². The molecule has 2 aromatic rings. The molecular weight excluding hydrogens is 364 g/mol. The van der Waals surface area contributed by atoms with E-state index in [9.17, 15) is 4.79 Å². The Morgan fingerprint density at radius 1 is 0.931 bits per heavy atom. The van der Waals surface area contributed by atoms with E-state index in [0.717, 1.165) is 23.6 Å². The molecule has 29 heavy (non-hydrogen) atoms. The molecule has 1 amide bonds. The number of nitrogens with zero attached hydrogens (tertiary/aromatic N) is 1. The van der Waals surface area contributed by atoms with Gasteiger partial charge in [-0.05, 0) is 67.7 Å². The summed E-state index contributed by atoms with van der Waals surface area (Å²) in [7, 11) is 1.64. The fraction of sp³-hybridized carbons (Fsp3) is 0.458. The average molecular weight is 397 g/mol. The number of nitrogens with one attached hydrogen (secondary N) is 1. The zero-order valence-corrected chi connectivity index (χ0v) is 17.4. The van der Waals surface area contributed by atoms with Gasteiger partial charge in [-0.3, -0.25) is 9.69 Å². The van der Waals surface area contributed by atoms with Crippen molar-refractivity contribution in [2.75, 3.05) is 26.8 Å². The molecular formula is C24H32N2O3. The van der Waals surface area contributed by atoms with Gasteiger partial charge in [0, 0.05) is 19.5 Å². The van der Waals surface area contributed by atoms with Crippen LogP contribution in [0.1, 0.15) is 43.2 Å². The Bertz CT molecular complexity index is 738. The van der Waals surface area contributed by atoms with Crippen molar-refractivity contribution >= 4 is 5.91 Å². The minimum absolute atomic E-state index is 0.0562. The summed E-state index contributed by atoms with van der Waals surface area (Å²) in [5, 5.41) is 2.99. The zero-order valence-electron chi connectivity index (χ0n) is 17.4. The number of hydrogen-bond acceptors (Lipinski definition) is 4. The van der Waals surface area contributed by atoms with E-state index in [0.29, 0.717) is 26.0 Å². The third-order valence-corrected chi connectivity index (χ3v) is 5.24. The summed E-state index contributed by atoms with van der Waals surface area (Å²) in [4.78, 5) is 14.6. The maximum atomic E-state index is 12.1. The van der Waals surface area contributed by atoms with Gasteiger partial charge in [0.05, 0.1) is 13.7 Å². The van der Waals surface area contributed by atoms with Crippen molar-refractivity contribution in [1.29, 1.82) is 0 Å². The van der Waals surface area contributed by atoms with Crippen LogP contribution in [-0.2, 0) is 17.9 Å². The predicted molar refractivity (Wildman–Crippen MR) is 115 cm³/mol. The lowest BCUT2D eigenvalue weighted by Crippen LogP contribution is -2.29. The standard InChI is InChI=1S/C24H32N2O3/c1-28-22-11-13-23(14-12-22)29-17-5-6-24(27)25-18-20-7-9-21(10-8-20)19-26-15-3-2-4-16-26/h7-14H,2-6,15-19H2,1H3,(H,25,27). The van der Waals surface area contributed by atoms with Crippen molar-refractivity contribution < 1.29 is 14.3 Å². The van der Waals surface area contributed by atoms with Crippen molar-refractivity contribution in [2.45, 2.75) is 45.2 Å². The molecule has 1 heterocycles. The van der Waals surface area contributed by atoms with Gasteiger partial charge in [0.25, 0.3) is 0 Å². The lowest BCUT2D eigenvalue weighted by Gasteiger charge is -2.26. The lowest BCUT2D eigenvalue weighted by atomic mass is 10.1. The molecule has 0 aliphatic carbocycles. The number of likely N-dealkylation sites (tertiary alicyclic amines) is 1. The Morgan fingerprint density at radius 3 is 2.28 bits per heavy atom. The van der Waals surface area contributed by atoms with E-state index in [4.69, 9.17) is 9.47 Å².